The molecule has 10 nitrogen and oxygen atoms in total. The van der Waals surface area contributed by atoms with Crippen molar-refractivity contribution in [2.75, 3.05) is 30.4 Å². The van der Waals surface area contributed by atoms with Gasteiger partial charge in [-0.25, -0.2) is 24.9 Å². The number of halogens is 1. The smallest absolute Gasteiger partial charge is 0.246 e. The fraction of sp³-hybridized carbons (Fsp3) is 0.231. The minimum atomic E-state index is -0.0497. The summed E-state index contributed by atoms with van der Waals surface area (Å²) >= 11 is 6.48. The molecular formula is C26H25ClN8O2. The van der Waals surface area contributed by atoms with Crippen LogP contribution < -0.4 is 15.0 Å². The molecule has 0 bridgehead atoms. The molecule has 1 aliphatic rings. The Hall–Kier alpha value is -4.31. The Morgan fingerprint density at radius 2 is 2.14 bits per heavy atom. The third-order valence-corrected chi connectivity index (χ3v) is 6.53. The molecule has 1 aromatic carbocycles. The van der Waals surface area contributed by atoms with Crippen molar-refractivity contribution in [1.29, 1.82) is 0 Å². The molecule has 1 saturated heterocycles. The number of carbonyl (C=O) groups excluding carboxylic acids is 1. The Morgan fingerprint density at radius 1 is 1.24 bits per heavy atom. The van der Waals surface area contributed by atoms with Crippen molar-refractivity contribution < 1.29 is 9.53 Å². The van der Waals surface area contributed by atoms with Gasteiger partial charge in [0.25, 0.3) is 0 Å². The monoisotopic (exact) mass is 516 g/mol. The van der Waals surface area contributed by atoms with E-state index in [0.717, 1.165) is 23.6 Å². The van der Waals surface area contributed by atoms with Gasteiger partial charge < -0.3 is 19.9 Å². The standard InChI is InChI=1S/C26H25ClN8O2/c1-3-24(36)35-11-9-19(13-35)34(2)23-7-5-21-25(33-23)26(31-16-30-21)32-17-4-6-22(20(27)12-17)37-14-18-8-10-28-15-29-18/h3-8,10,12,15-16,19H,1,9,11,13-14H2,2H3,(H,30,31,32)/t19-/m0/s1. The topological polar surface area (TPSA) is 109 Å². The van der Waals surface area contributed by atoms with Gasteiger partial charge in [-0.15, -0.1) is 0 Å². The SMILES string of the molecule is C=CC(=O)N1CC[C@H](N(C)c2ccc3ncnc(Nc4ccc(OCc5ccncn5)c(Cl)c4)c3n2)C1. The summed E-state index contributed by atoms with van der Waals surface area (Å²) in [7, 11) is 1.98. The van der Waals surface area contributed by atoms with E-state index in [1.54, 1.807) is 29.3 Å². The predicted molar refractivity (Wildman–Crippen MR) is 142 cm³/mol. The average Bonchev–Trinajstić information content (AvgIpc) is 3.43. The summed E-state index contributed by atoms with van der Waals surface area (Å²) in [6.45, 7) is 5.19. The van der Waals surface area contributed by atoms with Gasteiger partial charge >= 0.3 is 0 Å². The lowest BCUT2D eigenvalue weighted by Gasteiger charge is -2.26. The summed E-state index contributed by atoms with van der Waals surface area (Å²) in [5.41, 5.74) is 2.82. The van der Waals surface area contributed by atoms with E-state index in [1.807, 2.05) is 25.2 Å². The van der Waals surface area contributed by atoms with Crippen LogP contribution in [-0.4, -0.2) is 61.9 Å². The van der Waals surface area contributed by atoms with Crippen LogP contribution >= 0.6 is 11.6 Å². The quantitative estimate of drug-likeness (QED) is 0.347. The molecule has 0 aliphatic carbocycles. The first-order valence-corrected chi connectivity index (χ1v) is 12.1. The molecule has 11 heteroatoms. The molecule has 4 aromatic rings. The minimum absolute atomic E-state index is 0.0497. The highest BCUT2D eigenvalue weighted by atomic mass is 35.5. The lowest BCUT2D eigenvalue weighted by atomic mass is 10.2. The number of nitrogens with zero attached hydrogens (tertiary/aromatic N) is 7. The Morgan fingerprint density at radius 3 is 2.92 bits per heavy atom. The zero-order valence-corrected chi connectivity index (χ0v) is 21.0. The van der Waals surface area contributed by atoms with E-state index in [4.69, 9.17) is 21.3 Å². The van der Waals surface area contributed by atoms with Gasteiger partial charge in [0, 0.05) is 38.1 Å². The fourth-order valence-electron chi connectivity index (χ4n) is 4.18. The van der Waals surface area contributed by atoms with E-state index in [0.29, 0.717) is 40.7 Å². The number of hydrogen-bond acceptors (Lipinski definition) is 9. The number of carbonyl (C=O) groups is 1. The largest absolute Gasteiger partial charge is 0.486 e. The highest BCUT2D eigenvalue weighted by molar-refractivity contribution is 6.32. The van der Waals surface area contributed by atoms with Crippen molar-refractivity contribution in [3.05, 3.63) is 78.6 Å². The Kier molecular flexibility index (Phi) is 7.09. The van der Waals surface area contributed by atoms with E-state index >= 15 is 0 Å². The highest BCUT2D eigenvalue weighted by Gasteiger charge is 2.28. The van der Waals surface area contributed by atoms with Gasteiger partial charge in [0.2, 0.25) is 5.91 Å². The molecular weight excluding hydrogens is 492 g/mol. The van der Waals surface area contributed by atoms with E-state index in [2.05, 4.69) is 36.7 Å². The third kappa shape index (κ3) is 5.44. The first-order valence-electron chi connectivity index (χ1n) is 11.7. The van der Waals surface area contributed by atoms with E-state index in [1.165, 1.54) is 18.7 Å². The molecule has 1 amide bonds. The van der Waals surface area contributed by atoms with Crippen molar-refractivity contribution in [2.24, 2.45) is 0 Å². The van der Waals surface area contributed by atoms with Crippen LogP contribution in [0.15, 0.2) is 67.9 Å². The first-order chi connectivity index (χ1) is 18.0. The second kappa shape index (κ2) is 10.8. The van der Waals surface area contributed by atoms with Crippen LogP contribution in [0.2, 0.25) is 5.02 Å². The predicted octanol–water partition coefficient (Wildman–Crippen LogP) is 4.01. The minimum Gasteiger partial charge on any atom is -0.486 e. The second-order valence-electron chi connectivity index (χ2n) is 8.56. The summed E-state index contributed by atoms with van der Waals surface area (Å²) < 4.78 is 5.80. The molecule has 1 fully saturated rings. The number of benzene rings is 1. The number of hydrogen-bond donors (Lipinski definition) is 1. The summed E-state index contributed by atoms with van der Waals surface area (Å²) in [5, 5.41) is 3.75. The van der Waals surface area contributed by atoms with Gasteiger partial charge in [-0.05, 0) is 48.9 Å². The fourth-order valence-corrected chi connectivity index (χ4v) is 4.41. The summed E-state index contributed by atoms with van der Waals surface area (Å²) in [6.07, 6.45) is 6.84. The van der Waals surface area contributed by atoms with Crippen LogP contribution in [0, 0.1) is 0 Å². The molecule has 1 N–H and O–H groups in total. The molecule has 1 aliphatic heterocycles. The second-order valence-corrected chi connectivity index (χ2v) is 8.97. The maximum atomic E-state index is 12.0. The van der Waals surface area contributed by atoms with Crippen LogP contribution in [0.25, 0.3) is 11.0 Å². The number of anilines is 3. The number of pyridine rings is 1. The number of ether oxygens (including phenoxy) is 1. The zero-order chi connectivity index (χ0) is 25.8. The van der Waals surface area contributed by atoms with Crippen molar-refractivity contribution in [3.63, 3.8) is 0 Å². The molecule has 0 radical (unpaired) electrons. The molecule has 188 valence electrons. The number of nitrogens with one attached hydrogen (secondary N) is 1. The number of aromatic nitrogens is 5. The van der Waals surface area contributed by atoms with Crippen molar-refractivity contribution in [3.8, 4) is 5.75 Å². The van der Waals surface area contributed by atoms with Crippen LogP contribution in [0.3, 0.4) is 0 Å². The lowest BCUT2D eigenvalue weighted by molar-refractivity contribution is -0.125. The lowest BCUT2D eigenvalue weighted by Crippen LogP contribution is -2.36. The average molecular weight is 517 g/mol. The number of rotatable bonds is 8. The van der Waals surface area contributed by atoms with Crippen LogP contribution in [0.1, 0.15) is 12.1 Å². The number of fused-ring (bicyclic) bond motifs is 1. The number of amides is 1. The number of likely N-dealkylation sites (tertiary alicyclic amines) is 1. The summed E-state index contributed by atoms with van der Waals surface area (Å²) in [6, 6.07) is 11.2. The molecule has 4 heterocycles. The zero-order valence-electron chi connectivity index (χ0n) is 20.2. The van der Waals surface area contributed by atoms with Gasteiger partial charge in [0.1, 0.15) is 36.3 Å². The van der Waals surface area contributed by atoms with Crippen molar-refractivity contribution in [1.82, 2.24) is 29.8 Å². The van der Waals surface area contributed by atoms with Gasteiger partial charge in [-0.2, -0.15) is 0 Å². The molecule has 0 unspecified atom stereocenters. The Labute approximate surface area is 219 Å². The summed E-state index contributed by atoms with van der Waals surface area (Å²) in [5.74, 6) is 1.82. The molecule has 1 atom stereocenters. The third-order valence-electron chi connectivity index (χ3n) is 6.24. The van der Waals surface area contributed by atoms with E-state index < -0.39 is 0 Å². The molecule has 0 spiro atoms. The van der Waals surface area contributed by atoms with Crippen molar-refractivity contribution in [2.45, 2.75) is 19.1 Å². The van der Waals surface area contributed by atoms with Crippen LogP contribution in [0.4, 0.5) is 17.3 Å². The molecule has 5 rings (SSSR count). The Balaban J connectivity index is 1.33. The van der Waals surface area contributed by atoms with E-state index in [9.17, 15) is 4.79 Å². The van der Waals surface area contributed by atoms with Gasteiger partial charge in [0.05, 0.1) is 16.2 Å². The van der Waals surface area contributed by atoms with Crippen LogP contribution in [0.5, 0.6) is 5.75 Å². The molecule has 3 aromatic heterocycles. The van der Waals surface area contributed by atoms with Crippen molar-refractivity contribution >= 4 is 45.9 Å². The Bertz CT molecular complexity index is 1440. The van der Waals surface area contributed by atoms with Gasteiger partial charge in [-0.1, -0.05) is 18.2 Å². The summed E-state index contributed by atoms with van der Waals surface area (Å²) in [4.78, 5) is 37.6. The first kappa shape index (κ1) is 24.4. The number of likely N-dealkylation sites (N-methyl/N-ethyl adjacent to an activating group) is 1. The molecule has 37 heavy (non-hydrogen) atoms. The highest BCUT2D eigenvalue weighted by Crippen LogP contribution is 2.31. The molecule has 0 saturated carbocycles. The van der Waals surface area contributed by atoms with Gasteiger partial charge in [0.15, 0.2) is 5.82 Å². The maximum absolute atomic E-state index is 12.0. The normalized spacial score (nSPS) is 15.0. The maximum Gasteiger partial charge on any atom is 0.246 e. The van der Waals surface area contributed by atoms with Crippen LogP contribution in [-0.2, 0) is 11.4 Å². The van der Waals surface area contributed by atoms with Gasteiger partial charge in [-0.3, -0.25) is 4.79 Å². The van der Waals surface area contributed by atoms with E-state index in [-0.39, 0.29) is 18.6 Å².